The SMILES string of the molecule is COc1c(C)ccc(-c2noc(CN)n2)c1C. The number of hydrogen-bond acceptors (Lipinski definition) is 5. The molecule has 0 aliphatic rings. The lowest BCUT2D eigenvalue weighted by Gasteiger charge is -2.10. The highest BCUT2D eigenvalue weighted by Gasteiger charge is 2.14. The number of nitrogens with two attached hydrogens (primary N) is 1. The van der Waals surface area contributed by atoms with Gasteiger partial charge in [0.2, 0.25) is 11.7 Å². The number of methoxy groups -OCH3 is 1. The van der Waals surface area contributed by atoms with Gasteiger partial charge in [0.25, 0.3) is 0 Å². The van der Waals surface area contributed by atoms with Crippen molar-refractivity contribution in [3.05, 3.63) is 29.2 Å². The first-order chi connectivity index (χ1) is 8.17. The predicted octanol–water partition coefficient (Wildman–Crippen LogP) is 1.82. The van der Waals surface area contributed by atoms with E-state index in [4.69, 9.17) is 15.0 Å². The third kappa shape index (κ3) is 2.01. The maximum Gasteiger partial charge on any atom is 0.240 e. The van der Waals surface area contributed by atoms with E-state index in [-0.39, 0.29) is 6.54 Å². The average molecular weight is 233 g/mol. The van der Waals surface area contributed by atoms with Gasteiger partial charge >= 0.3 is 0 Å². The molecule has 90 valence electrons. The summed E-state index contributed by atoms with van der Waals surface area (Å²) in [5.41, 5.74) is 8.41. The second-order valence-corrected chi connectivity index (χ2v) is 3.80. The molecule has 0 atom stereocenters. The van der Waals surface area contributed by atoms with Crippen molar-refractivity contribution in [2.45, 2.75) is 20.4 Å². The monoisotopic (exact) mass is 233 g/mol. The fraction of sp³-hybridized carbons (Fsp3) is 0.333. The molecule has 0 saturated carbocycles. The number of ether oxygens (including phenoxy) is 1. The number of hydrogen-bond donors (Lipinski definition) is 1. The standard InChI is InChI=1S/C12H15N3O2/c1-7-4-5-9(8(2)11(7)16-3)12-14-10(6-13)17-15-12/h4-5H,6,13H2,1-3H3. The third-order valence-corrected chi connectivity index (χ3v) is 2.69. The molecule has 0 saturated heterocycles. The van der Waals surface area contributed by atoms with Gasteiger partial charge in [0.05, 0.1) is 13.7 Å². The quantitative estimate of drug-likeness (QED) is 0.875. The smallest absolute Gasteiger partial charge is 0.240 e. The highest BCUT2D eigenvalue weighted by atomic mass is 16.5. The zero-order valence-corrected chi connectivity index (χ0v) is 10.2. The Kier molecular flexibility index (Phi) is 3.10. The van der Waals surface area contributed by atoms with E-state index in [9.17, 15) is 0 Å². The molecule has 0 aliphatic carbocycles. The molecular formula is C12H15N3O2. The second kappa shape index (κ2) is 4.55. The van der Waals surface area contributed by atoms with Crippen molar-refractivity contribution < 1.29 is 9.26 Å². The van der Waals surface area contributed by atoms with E-state index in [0.717, 1.165) is 22.4 Å². The lowest BCUT2D eigenvalue weighted by molar-refractivity contribution is 0.380. The molecule has 17 heavy (non-hydrogen) atoms. The van der Waals surface area contributed by atoms with Crippen molar-refractivity contribution in [3.8, 4) is 17.1 Å². The van der Waals surface area contributed by atoms with Gasteiger partial charge in [-0.1, -0.05) is 17.3 Å². The van der Waals surface area contributed by atoms with Gasteiger partial charge in [-0.3, -0.25) is 0 Å². The first-order valence-corrected chi connectivity index (χ1v) is 5.34. The van der Waals surface area contributed by atoms with Crippen molar-refractivity contribution in [1.29, 1.82) is 0 Å². The molecule has 5 nitrogen and oxygen atoms in total. The van der Waals surface area contributed by atoms with Crippen LogP contribution in [-0.2, 0) is 6.54 Å². The zero-order valence-electron chi connectivity index (χ0n) is 10.2. The van der Waals surface area contributed by atoms with Crippen molar-refractivity contribution in [2.75, 3.05) is 7.11 Å². The summed E-state index contributed by atoms with van der Waals surface area (Å²) < 4.78 is 10.4. The van der Waals surface area contributed by atoms with Crippen LogP contribution in [0.2, 0.25) is 0 Å². The summed E-state index contributed by atoms with van der Waals surface area (Å²) >= 11 is 0. The molecule has 1 aromatic heterocycles. The Morgan fingerprint density at radius 2 is 2.12 bits per heavy atom. The van der Waals surface area contributed by atoms with E-state index in [1.807, 2.05) is 26.0 Å². The van der Waals surface area contributed by atoms with Crippen molar-refractivity contribution in [2.24, 2.45) is 5.73 Å². The van der Waals surface area contributed by atoms with Crippen LogP contribution in [0, 0.1) is 13.8 Å². The number of rotatable bonds is 3. The molecule has 0 aliphatic heterocycles. The van der Waals surface area contributed by atoms with E-state index in [0.29, 0.717) is 11.7 Å². The fourth-order valence-electron chi connectivity index (χ4n) is 1.83. The number of nitrogens with zero attached hydrogens (tertiary/aromatic N) is 2. The highest BCUT2D eigenvalue weighted by molar-refractivity contribution is 5.65. The summed E-state index contributed by atoms with van der Waals surface area (Å²) in [5, 5.41) is 3.90. The summed E-state index contributed by atoms with van der Waals surface area (Å²) in [4.78, 5) is 4.21. The predicted molar refractivity (Wildman–Crippen MR) is 63.7 cm³/mol. The van der Waals surface area contributed by atoms with E-state index >= 15 is 0 Å². The van der Waals surface area contributed by atoms with Crippen LogP contribution < -0.4 is 10.5 Å². The van der Waals surface area contributed by atoms with Gasteiger partial charge in [0, 0.05) is 11.1 Å². The minimum Gasteiger partial charge on any atom is -0.496 e. The summed E-state index contributed by atoms with van der Waals surface area (Å²) in [5.74, 6) is 1.82. The first kappa shape index (κ1) is 11.6. The van der Waals surface area contributed by atoms with Crippen LogP contribution >= 0.6 is 0 Å². The summed E-state index contributed by atoms with van der Waals surface area (Å²) in [6.07, 6.45) is 0. The maximum atomic E-state index is 5.44. The molecule has 0 unspecified atom stereocenters. The number of benzene rings is 1. The van der Waals surface area contributed by atoms with Crippen LogP contribution in [0.3, 0.4) is 0 Å². The molecule has 5 heteroatoms. The van der Waals surface area contributed by atoms with Crippen molar-refractivity contribution in [1.82, 2.24) is 10.1 Å². The van der Waals surface area contributed by atoms with Crippen LogP contribution in [0.15, 0.2) is 16.7 Å². The minimum atomic E-state index is 0.245. The topological polar surface area (TPSA) is 74.2 Å². The van der Waals surface area contributed by atoms with Crippen LogP contribution in [0.5, 0.6) is 5.75 Å². The zero-order chi connectivity index (χ0) is 12.4. The molecule has 0 radical (unpaired) electrons. The van der Waals surface area contributed by atoms with Crippen LogP contribution in [0.4, 0.5) is 0 Å². The third-order valence-electron chi connectivity index (χ3n) is 2.69. The van der Waals surface area contributed by atoms with Gasteiger partial charge in [-0.05, 0) is 19.4 Å². The largest absolute Gasteiger partial charge is 0.496 e. The Balaban J connectivity index is 2.52. The molecule has 0 spiro atoms. The Morgan fingerprint density at radius 1 is 1.35 bits per heavy atom. The van der Waals surface area contributed by atoms with Crippen molar-refractivity contribution in [3.63, 3.8) is 0 Å². The summed E-state index contributed by atoms with van der Waals surface area (Å²) in [6, 6.07) is 3.93. The van der Waals surface area contributed by atoms with Crippen LogP contribution in [0.1, 0.15) is 17.0 Å². The Morgan fingerprint density at radius 3 is 2.71 bits per heavy atom. The molecule has 0 amide bonds. The van der Waals surface area contributed by atoms with Gasteiger partial charge < -0.3 is 15.0 Å². The summed E-state index contributed by atoms with van der Waals surface area (Å²) in [6.45, 7) is 4.21. The average Bonchev–Trinajstić information content (AvgIpc) is 2.78. The Hall–Kier alpha value is -1.88. The van der Waals surface area contributed by atoms with E-state index < -0.39 is 0 Å². The summed E-state index contributed by atoms with van der Waals surface area (Å²) in [7, 11) is 1.65. The fourth-order valence-corrected chi connectivity index (χ4v) is 1.83. The lowest BCUT2D eigenvalue weighted by atomic mass is 10.0. The van der Waals surface area contributed by atoms with Gasteiger partial charge in [-0.2, -0.15) is 4.98 Å². The second-order valence-electron chi connectivity index (χ2n) is 3.80. The number of aryl methyl sites for hydroxylation is 1. The molecule has 0 bridgehead atoms. The van der Waals surface area contributed by atoms with Gasteiger partial charge in [-0.25, -0.2) is 0 Å². The lowest BCUT2D eigenvalue weighted by Crippen LogP contribution is -1.97. The molecule has 2 N–H and O–H groups in total. The van der Waals surface area contributed by atoms with Gasteiger partial charge in [-0.15, -0.1) is 0 Å². The van der Waals surface area contributed by atoms with E-state index in [1.165, 1.54) is 0 Å². The van der Waals surface area contributed by atoms with Crippen LogP contribution in [-0.4, -0.2) is 17.3 Å². The van der Waals surface area contributed by atoms with Crippen LogP contribution in [0.25, 0.3) is 11.4 Å². The maximum absolute atomic E-state index is 5.44. The minimum absolute atomic E-state index is 0.245. The van der Waals surface area contributed by atoms with Crippen molar-refractivity contribution >= 4 is 0 Å². The Labute approximate surface area is 99.6 Å². The molecular weight excluding hydrogens is 218 g/mol. The Bertz CT molecular complexity index is 535. The van der Waals surface area contributed by atoms with E-state index in [2.05, 4.69) is 10.1 Å². The first-order valence-electron chi connectivity index (χ1n) is 5.34. The molecule has 1 aromatic carbocycles. The van der Waals surface area contributed by atoms with Gasteiger partial charge in [0.1, 0.15) is 5.75 Å². The van der Waals surface area contributed by atoms with Gasteiger partial charge in [0.15, 0.2) is 0 Å². The molecule has 2 rings (SSSR count). The molecule has 2 aromatic rings. The number of aromatic nitrogens is 2. The normalized spacial score (nSPS) is 10.6. The highest BCUT2D eigenvalue weighted by Crippen LogP contribution is 2.31. The molecule has 0 fully saturated rings. The van der Waals surface area contributed by atoms with E-state index in [1.54, 1.807) is 7.11 Å². The molecule has 1 heterocycles.